The number of guanidine groups is 1. The molecule has 400 valence electrons. The molecule has 2 aromatic rings. The third kappa shape index (κ3) is 20.6. The van der Waals surface area contributed by atoms with E-state index in [0.717, 1.165) is 22.3 Å². The normalized spacial score (nSPS) is 13.9. The number of hydrogen-bond donors (Lipinski definition) is 14. The molecule has 0 aromatic heterocycles. The molecule has 25 nitrogen and oxygen atoms in total. The second-order valence-corrected chi connectivity index (χ2v) is 18.1. The van der Waals surface area contributed by atoms with Crippen LogP contribution in [0.4, 0.5) is 4.79 Å². The zero-order chi connectivity index (χ0) is 54.0. The molecule has 7 amide bonds. The summed E-state index contributed by atoms with van der Waals surface area (Å²) in [5.41, 5.74) is 20.0. The number of thioether (sulfide) groups is 1. The number of ether oxygens (including phenoxy) is 1. The highest BCUT2D eigenvalue weighted by Crippen LogP contribution is 2.44. The highest BCUT2D eigenvalue weighted by Gasteiger charge is 2.35. The number of unbranched alkanes of at least 4 members (excludes halogenated alkanes) is 1. The first-order valence-corrected chi connectivity index (χ1v) is 25.0. The number of fused-ring (bicyclic) bond motifs is 3. The van der Waals surface area contributed by atoms with Crippen LogP contribution >= 0.6 is 11.8 Å². The van der Waals surface area contributed by atoms with E-state index in [0.29, 0.717) is 12.8 Å². The molecule has 73 heavy (non-hydrogen) atoms. The van der Waals surface area contributed by atoms with Gasteiger partial charge in [-0.25, -0.2) is 9.59 Å². The van der Waals surface area contributed by atoms with Gasteiger partial charge in [0.15, 0.2) is 5.96 Å². The molecular formula is C47H67N11O14S. The van der Waals surface area contributed by atoms with E-state index >= 15 is 0 Å². The van der Waals surface area contributed by atoms with Crippen molar-refractivity contribution in [3.8, 4) is 11.1 Å². The lowest BCUT2D eigenvalue weighted by Gasteiger charge is -2.27. The Balaban J connectivity index is 1.81. The summed E-state index contributed by atoms with van der Waals surface area (Å²) in [5.74, 6) is -10.3. The van der Waals surface area contributed by atoms with Gasteiger partial charge >= 0.3 is 24.0 Å². The van der Waals surface area contributed by atoms with E-state index in [-0.39, 0.29) is 69.4 Å². The van der Waals surface area contributed by atoms with Gasteiger partial charge in [-0.05, 0) is 98.6 Å². The summed E-state index contributed by atoms with van der Waals surface area (Å²) < 4.78 is 5.56. The Morgan fingerprint density at radius 1 is 0.589 bits per heavy atom. The van der Waals surface area contributed by atoms with Crippen molar-refractivity contribution in [3.63, 3.8) is 0 Å². The molecule has 1 aliphatic rings. The number of carboxylic acids is 3. The van der Waals surface area contributed by atoms with Gasteiger partial charge in [0, 0.05) is 31.7 Å². The highest BCUT2D eigenvalue weighted by atomic mass is 32.2. The van der Waals surface area contributed by atoms with Crippen molar-refractivity contribution in [3.05, 3.63) is 59.7 Å². The van der Waals surface area contributed by atoms with Crippen LogP contribution in [0.5, 0.6) is 0 Å². The van der Waals surface area contributed by atoms with Gasteiger partial charge < -0.3 is 74.5 Å². The van der Waals surface area contributed by atoms with Crippen molar-refractivity contribution in [1.82, 2.24) is 37.2 Å². The van der Waals surface area contributed by atoms with E-state index in [2.05, 4.69) is 37.2 Å². The zero-order valence-corrected chi connectivity index (χ0v) is 41.3. The average molecular weight is 1040 g/mol. The first-order valence-electron chi connectivity index (χ1n) is 23.6. The topological polar surface area (TPSA) is 427 Å². The summed E-state index contributed by atoms with van der Waals surface area (Å²) in [5, 5.41) is 53.2. The van der Waals surface area contributed by atoms with E-state index in [4.69, 9.17) is 27.3 Å². The number of rotatable bonds is 34. The molecule has 0 bridgehead atoms. The number of alkyl carbamates (subject to hydrolysis) is 1. The molecule has 1 aliphatic carbocycles. The molecule has 6 atom stereocenters. The average Bonchev–Trinajstić information content (AvgIpc) is 3.66. The first kappa shape index (κ1) is 59.8. The molecule has 0 fully saturated rings. The Kier molecular flexibility index (Phi) is 25.5. The van der Waals surface area contributed by atoms with Crippen LogP contribution in [0.15, 0.2) is 48.5 Å². The number of aliphatic carboxylic acids is 3. The van der Waals surface area contributed by atoms with Crippen molar-refractivity contribution in [2.24, 2.45) is 17.2 Å². The molecule has 0 saturated heterocycles. The molecule has 0 saturated carbocycles. The lowest BCUT2D eigenvalue weighted by atomic mass is 9.98. The van der Waals surface area contributed by atoms with E-state index in [9.17, 15) is 63.3 Å². The number of amides is 7. The van der Waals surface area contributed by atoms with Gasteiger partial charge in [0.2, 0.25) is 35.4 Å². The van der Waals surface area contributed by atoms with Crippen LogP contribution in [0.1, 0.15) is 94.1 Å². The number of primary amides is 1. The predicted octanol–water partition coefficient (Wildman–Crippen LogP) is -0.457. The van der Waals surface area contributed by atoms with Crippen LogP contribution in [0.25, 0.3) is 11.1 Å². The molecule has 3 rings (SSSR count). The second-order valence-electron chi connectivity index (χ2n) is 17.1. The van der Waals surface area contributed by atoms with Crippen LogP contribution in [0.2, 0.25) is 0 Å². The Hall–Kier alpha value is -7.48. The molecule has 0 radical (unpaired) electrons. The van der Waals surface area contributed by atoms with Crippen molar-refractivity contribution >= 4 is 77.2 Å². The summed E-state index contributed by atoms with van der Waals surface area (Å²) >= 11 is 1.27. The largest absolute Gasteiger partial charge is 0.481 e. The second kappa shape index (κ2) is 31.1. The fourth-order valence-electron chi connectivity index (χ4n) is 7.83. The molecule has 17 N–H and O–H groups in total. The number of benzene rings is 2. The Morgan fingerprint density at radius 3 is 1.45 bits per heavy atom. The Bertz CT molecular complexity index is 2240. The predicted molar refractivity (Wildman–Crippen MR) is 267 cm³/mol. The fraction of sp³-hybridized carbons (Fsp3) is 0.511. The lowest BCUT2D eigenvalue weighted by Crippen LogP contribution is -2.59. The standard InChI is InChI=1S/C47H67N11O14S/c1-73-24-21-35(44(68)54-32(15-18-37(49)59)41(65)53-31(13-6-7-22-48)40(64)57-36(45(69)70)14-8-23-52-46(50)51)56-42(66)33(16-19-38(60)61)55-43(67)34(17-20-39(62)63)58-47(71)72-25-30-28-11-4-2-9-26(28)27-10-3-5-12-29(27)30/h2-5,9-12,30-36H,6-8,13-25,48H2,1H3,(H2,49,59)(H,53,65)(H,54,68)(H,55,67)(H,56,66)(H,57,64)(H,58,71)(H,60,61)(H,62,63)(H,69,70)(H4,50,51,52)/t31-,32-,33-,34-,35-,36-/m0/s1. The minimum atomic E-state index is -1.67. The maximum Gasteiger partial charge on any atom is 0.407 e. The van der Waals surface area contributed by atoms with Gasteiger partial charge in [0.1, 0.15) is 42.9 Å². The van der Waals surface area contributed by atoms with Gasteiger partial charge in [-0.15, -0.1) is 0 Å². The fourth-order valence-corrected chi connectivity index (χ4v) is 8.30. The molecule has 0 aliphatic heterocycles. The number of carboxylic acid groups (broad SMARTS) is 3. The van der Waals surface area contributed by atoms with Crippen LogP contribution in [0.3, 0.4) is 0 Å². The summed E-state index contributed by atoms with van der Waals surface area (Å²) in [6.07, 6.45) is -1.74. The van der Waals surface area contributed by atoms with E-state index < -0.39 is 128 Å². The number of nitrogens with two attached hydrogens (primary N) is 3. The Labute approximate surface area is 425 Å². The van der Waals surface area contributed by atoms with Gasteiger partial charge in [-0.2, -0.15) is 11.8 Å². The molecule has 0 unspecified atom stereocenters. The maximum atomic E-state index is 14.0. The third-order valence-corrected chi connectivity index (χ3v) is 12.3. The zero-order valence-electron chi connectivity index (χ0n) is 40.4. The minimum Gasteiger partial charge on any atom is -0.481 e. The Morgan fingerprint density at radius 2 is 1.01 bits per heavy atom. The molecule has 0 heterocycles. The van der Waals surface area contributed by atoms with Crippen LogP contribution in [-0.2, 0) is 47.9 Å². The third-order valence-electron chi connectivity index (χ3n) is 11.6. The smallest absolute Gasteiger partial charge is 0.407 e. The quantitative estimate of drug-likeness (QED) is 0.0240. The summed E-state index contributed by atoms with van der Waals surface area (Å²) in [4.78, 5) is 130. The number of carbonyl (C=O) groups is 10. The molecular weight excluding hydrogens is 975 g/mol. The molecule has 2 aromatic carbocycles. The summed E-state index contributed by atoms with van der Waals surface area (Å²) in [7, 11) is 0. The number of hydrogen-bond acceptors (Lipinski definition) is 14. The minimum absolute atomic E-state index is 0.0161. The van der Waals surface area contributed by atoms with E-state index in [1.807, 2.05) is 48.5 Å². The van der Waals surface area contributed by atoms with Gasteiger partial charge in [0.25, 0.3) is 0 Å². The number of nitrogens with one attached hydrogen (secondary N) is 8. The summed E-state index contributed by atoms with van der Waals surface area (Å²) in [6.45, 7) is 0.220. The first-order chi connectivity index (χ1) is 34.7. The van der Waals surface area contributed by atoms with Crippen molar-refractivity contribution in [2.45, 2.75) is 119 Å². The monoisotopic (exact) mass is 1040 g/mol. The van der Waals surface area contributed by atoms with Crippen molar-refractivity contribution in [2.75, 3.05) is 31.7 Å². The maximum absolute atomic E-state index is 14.0. The molecule has 0 spiro atoms. The van der Waals surface area contributed by atoms with Crippen LogP contribution < -0.4 is 54.4 Å². The van der Waals surface area contributed by atoms with Gasteiger partial charge in [-0.1, -0.05) is 48.5 Å². The molecule has 26 heteroatoms. The van der Waals surface area contributed by atoms with E-state index in [1.54, 1.807) is 6.26 Å². The van der Waals surface area contributed by atoms with Crippen molar-refractivity contribution < 1.29 is 68.0 Å². The highest BCUT2D eigenvalue weighted by molar-refractivity contribution is 7.98. The summed E-state index contributed by atoms with van der Waals surface area (Å²) in [6, 6.07) is 6.06. The van der Waals surface area contributed by atoms with Crippen LogP contribution in [-0.4, -0.2) is 149 Å². The van der Waals surface area contributed by atoms with Crippen LogP contribution in [0, 0.1) is 5.41 Å². The van der Waals surface area contributed by atoms with Gasteiger partial charge in [0.05, 0.1) is 0 Å². The number of carbonyl (C=O) groups excluding carboxylic acids is 7. The van der Waals surface area contributed by atoms with E-state index in [1.165, 1.54) is 11.8 Å². The SMILES string of the molecule is CSCC[C@H](NC(=O)[C@H](CCC(=O)O)NC(=O)[C@H](CCC(=O)O)NC(=O)OCC1c2ccccc2-c2ccccc21)C(=O)N[C@@H](CCC(N)=O)C(=O)N[C@@H](CCCCN)C(=O)N[C@@H](CCCNC(=N)N)C(=O)O. The van der Waals surface area contributed by atoms with Gasteiger partial charge in [-0.3, -0.25) is 43.8 Å². The van der Waals surface area contributed by atoms with Crippen molar-refractivity contribution in [1.29, 1.82) is 5.41 Å². The lowest BCUT2D eigenvalue weighted by molar-refractivity contribution is -0.142.